The van der Waals surface area contributed by atoms with Gasteiger partial charge in [-0.25, -0.2) is 9.37 Å². The smallest absolute Gasteiger partial charge is 0.125 e. The first-order chi connectivity index (χ1) is 8.29. The van der Waals surface area contributed by atoms with Crippen LogP contribution in [0.3, 0.4) is 0 Å². The Morgan fingerprint density at radius 3 is 2.94 bits per heavy atom. The fraction of sp³-hybridized carbons (Fsp3) is 0.214. The summed E-state index contributed by atoms with van der Waals surface area (Å²) in [5.74, 6) is -0.237. The molecular formula is C14H13FN2. The molecule has 0 spiro atoms. The molecule has 3 heteroatoms. The van der Waals surface area contributed by atoms with Gasteiger partial charge in [0.05, 0.1) is 22.2 Å². The fourth-order valence-electron chi connectivity index (χ4n) is 2.24. The molecule has 0 saturated heterocycles. The Hall–Kier alpha value is -1.90. The van der Waals surface area contributed by atoms with Gasteiger partial charge in [0.1, 0.15) is 5.82 Å². The van der Waals surface area contributed by atoms with Crippen molar-refractivity contribution in [3.8, 4) is 0 Å². The number of aromatic nitrogens is 2. The minimum atomic E-state index is -0.237. The monoisotopic (exact) mass is 228 g/mol. The molecule has 0 aliphatic carbocycles. The topological polar surface area (TPSA) is 17.3 Å². The lowest BCUT2D eigenvalue weighted by atomic mass is 10.2. The number of rotatable bonds is 2. The standard InChI is InChI=1S/C14H13FN2/c1-2-4-11-13-5-3-8-17(13)14-7-6-10(15)9-12(14)16-11/h3,5-9H,2,4H2,1H3. The van der Waals surface area contributed by atoms with E-state index in [9.17, 15) is 4.39 Å². The van der Waals surface area contributed by atoms with E-state index >= 15 is 0 Å². The third kappa shape index (κ3) is 1.58. The normalized spacial score (nSPS) is 11.4. The molecule has 0 aliphatic heterocycles. The van der Waals surface area contributed by atoms with Gasteiger partial charge in [0, 0.05) is 12.3 Å². The van der Waals surface area contributed by atoms with Crippen LogP contribution >= 0.6 is 0 Å². The van der Waals surface area contributed by atoms with E-state index in [4.69, 9.17) is 0 Å². The van der Waals surface area contributed by atoms with E-state index in [0.717, 1.165) is 35.1 Å². The summed E-state index contributed by atoms with van der Waals surface area (Å²) in [5.41, 5.74) is 3.82. The number of benzene rings is 1. The highest BCUT2D eigenvalue weighted by atomic mass is 19.1. The minimum Gasteiger partial charge on any atom is -0.313 e. The summed E-state index contributed by atoms with van der Waals surface area (Å²) in [6.45, 7) is 2.12. The van der Waals surface area contributed by atoms with Gasteiger partial charge in [-0.15, -0.1) is 0 Å². The van der Waals surface area contributed by atoms with Crippen LogP contribution in [0.1, 0.15) is 19.0 Å². The highest BCUT2D eigenvalue weighted by Gasteiger charge is 2.07. The van der Waals surface area contributed by atoms with Gasteiger partial charge in [-0.05, 0) is 30.7 Å². The van der Waals surface area contributed by atoms with Crippen molar-refractivity contribution < 1.29 is 4.39 Å². The van der Waals surface area contributed by atoms with Crippen LogP contribution in [0.25, 0.3) is 16.6 Å². The van der Waals surface area contributed by atoms with Crippen LogP contribution in [0, 0.1) is 5.82 Å². The molecule has 0 amide bonds. The van der Waals surface area contributed by atoms with Crippen LogP contribution in [-0.2, 0) is 6.42 Å². The lowest BCUT2D eigenvalue weighted by Gasteiger charge is -2.07. The zero-order valence-corrected chi connectivity index (χ0v) is 9.65. The Bertz CT molecular complexity index is 685. The average Bonchev–Trinajstić information content (AvgIpc) is 2.78. The number of halogens is 1. The van der Waals surface area contributed by atoms with E-state index in [1.54, 1.807) is 6.07 Å². The van der Waals surface area contributed by atoms with Gasteiger partial charge < -0.3 is 4.40 Å². The maximum Gasteiger partial charge on any atom is 0.125 e. The molecule has 17 heavy (non-hydrogen) atoms. The quantitative estimate of drug-likeness (QED) is 0.655. The van der Waals surface area contributed by atoms with Crippen LogP contribution in [0.4, 0.5) is 4.39 Å². The summed E-state index contributed by atoms with van der Waals surface area (Å²) in [7, 11) is 0. The number of hydrogen-bond acceptors (Lipinski definition) is 1. The largest absolute Gasteiger partial charge is 0.313 e. The van der Waals surface area contributed by atoms with E-state index in [1.807, 2.05) is 12.3 Å². The SMILES string of the molecule is CCCc1nc2cc(F)ccc2n2cccc12. The van der Waals surface area contributed by atoms with Crippen LogP contribution in [-0.4, -0.2) is 9.38 Å². The first kappa shape index (κ1) is 10.3. The van der Waals surface area contributed by atoms with Gasteiger partial charge in [0.25, 0.3) is 0 Å². The summed E-state index contributed by atoms with van der Waals surface area (Å²) in [6, 6.07) is 8.80. The van der Waals surface area contributed by atoms with E-state index in [1.165, 1.54) is 12.1 Å². The van der Waals surface area contributed by atoms with Gasteiger partial charge in [-0.3, -0.25) is 0 Å². The Labute approximate surface area is 98.7 Å². The Morgan fingerprint density at radius 1 is 1.24 bits per heavy atom. The molecule has 2 heterocycles. The molecule has 1 aromatic carbocycles. The molecule has 0 fully saturated rings. The highest BCUT2D eigenvalue weighted by molar-refractivity contribution is 5.79. The predicted molar refractivity (Wildman–Crippen MR) is 66.7 cm³/mol. The molecule has 86 valence electrons. The number of fused-ring (bicyclic) bond motifs is 3. The highest BCUT2D eigenvalue weighted by Crippen LogP contribution is 2.20. The molecule has 0 N–H and O–H groups in total. The summed E-state index contributed by atoms with van der Waals surface area (Å²) < 4.78 is 15.3. The third-order valence-electron chi connectivity index (χ3n) is 2.98. The van der Waals surface area contributed by atoms with Crippen molar-refractivity contribution in [1.82, 2.24) is 9.38 Å². The zero-order chi connectivity index (χ0) is 11.8. The van der Waals surface area contributed by atoms with E-state index < -0.39 is 0 Å². The number of aryl methyl sites for hydroxylation is 1. The van der Waals surface area contributed by atoms with Gasteiger partial charge in [-0.2, -0.15) is 0 Å². The van der Waals surface area contributed by atoms with E-state index in [-0.39, 0.29) is 5.82 Å². The van der Waals surface area contributed by atoms with Gasteiger partial charge in [0.2, 0.25) is 0 Å². The van der Waals surface area contributed by atoms with Crippen molar-refractivity contribution in [2.24, 2.45) is 0 Å². The second-order valence-electron chi connectivity index (χ2n) is 4.20. The summed E-state index contributed by atoms with van der Waals surface area (Å²) in [6.07, 6.45) is 3.95. The summed E-state index contributed by atoms with van der Waals surface area (Å²) >= 11 is 0. The van der Waals surface area contributed by atoms with E-state index in [0.29, 0.717) is 0 Å². The van der Waals surface area contributed by atoms with Crippen LogP contribution in [0.2, 0.25) is 0 Å². The lowest BCUT2D eigenvalue weighted by molar-refractivity contribution is 0.629. The van der Waals surface area contributed by atoms with Crippen molar-refractivity contribution >= 4 is 16.6 Å². The van der Waals surface area contributed by atoms with Crippen molar-refractivity contribution in [3.05, 3.63) is 48.0 Å². The summed E-state index contributed by atoms with van der Waals surface area (Å²) in [4.78, 5) is 4.57. The number of hydrogen-bond donors (Lipinski definition) is 0. The lowest BCUT2D eigenvalue weighted by Crippen LogP contribution is -1.98. The molecule has 0 aliphatic rings. The van der Waals surface area contributed by atoms with Crippen LogP contribution < -0.4 is 0 Å². The molecule has 0 atom stereocenters. The molecule has 2 nitrogen and oxygen atoms in total. The Kier molecular flexibility index (Phi) is 2.32. The zero-order valence-electron chi connectivity index (χ0n) is 9.65. The molecule has 2 aromatic heterocycles. The van der Waals surface area contributed by atoms with Crippen molar-refractivity contribution in [3.63, 3.8) is 0 Å². The third-order valence-corrected chi connectivity index (χ3v) is 2.98. The average molecular weight is 228 g/mol. The molecular weight excluding hydrogens is 215 g/mol. The Morgan fingerprint density at radius 2 is 2.12 bits per heavy atom. The predicted octanol–water partition coefficient (Wildman–Crippen LogP) is 3.58. The molecule has 3 rings (SSSR count). The summed E-state index contributed by atoms with van der Waals surface area (Å²) in [5, 5.41) is 0. The van der Waals surface area contributed by atoms with Gasteiger partial charge in [-0.1, -0.05) is 13.3 Å². The molecule has 3 aromatic rings. The van der Waals surface area contributed by atoms with E-state index in [2.05, 4.69) is 22.4 Å². The van der Waals surface area contributed by atoms with Gasteiger partial charge >= 0.3 is 0 Å². The minimum absolute atomic E-state index is 0.237. The molecule has 0 radical (unpaired) electrons. The molecule has 0 saturated carbocycles. The molecule has 0 bridgehead atoms. The maximum atomic E-state index is 13.2. The second kappa shape index (κ2) is 3.84. The van der Waals surface area contributed by atoms with Crippen molar-refractivity contribution in [2.45, 2.75) is 19.8 Å². The second-order valence-corrected chi connectivity index (χ2v) is 4.20. The molecule has 0 unspecified atom stereocenters. The fourth-order valence-corrected chi connectivity index (χ4v) is 2.24. The maximum absolute atomic E-state index is 13.2. The van der Waals surface area contributed by atoms with Gasteiger partial charge in [0.15, 0.2) is 0 Å². The van der Waals surface area contributed by atoms with Crippen LogP contribution in [0.15, 0.2) is 36.5 Å². The van der Waals surface area contributed by atoms with Crippen molar-refractivity contribution in [2.75, 3.05) is 0 Å². The van der Waals surface area contributed by atoms with Crippen LogP contribution in [0.5, 0.6) is 0 Å². The first-order valence-corrected chi connectivity index (χ1v) is 5.85. The number of nitrogens with zero attached hydrogens (tertiary/aromatic N) is 2. The van der Waals surface area contributed by atoms with Crippen molar-refractivity contribution in [1.29, 1.82) is 0 Å². The first-order valence-electron chi connectivity index (χ1n) is 5.85. The Balaban J connectivity index is 2.42.